The number of nitrogens with one attached hydrogen (secondary N) is 2. The molecule has 0 fully saturated rings. The maximum atomic E-state index is 11.0. The van der Waals surface area contributed by atoms with Crippen molar-refractivity contribution in [3.05, 3.63) is 69.7 Å². The van der Waals surface area contributed by atoms with Gasteiger partial charge in [-0.3, -0.25) is 0 Å². The first kappa shape index (κ1) is 19.5. The smallest absolute Gasteiger partial charge is 0.404 e. The molecule has 1 amide bonds. The van der Waals surface area contributed by atoms with Crippen molar-refractivity contribution in [1.82, 2.24) is 10.6 Å². The number of halogens is 2. The van der Waals surface area contributed by atoms with Crippen LogP contribution in [0, 0.1) is 0 Å². The standard InChI is InChI=1S/C18H20Cl2N2O3/c19-14-6-13(7-15(20)9-14)10-21-11-17(23)16(22-18(24)25)8-12-4-2-1-3-5-12/h1-7,9,16-17,21-23H,8,10-11H2,(H,24,25)/t16-,17-/m0/s1. The van der Waals surface area contributed by atoms with Gasteiger partial charge in [-0.25, -0.2) is 4.79 Å². The lowest BCUT2D eigenvalue weighted by atomic mass is 10.0. The van der Waals surface area contributed by atoms with E-state index < -0.39 is 18.2 Å². The summed E-state index contributed by atoms with van der Waals surface area (Å²) in [5.74, 6) is 0. The van der Waals surface area contributed by atoms with Crippen molar-refractivity contribution in [2.75, 3.05) is 6.54 Å². The van der Waals surface area contributed by atoms with Gasteiger partial charge in [0.15, 0.2) is 0 Å². The molecule has 0 aromatic heterocycles. The average molecular weight is 383 g/mol. The molecule has 25 heavy (non-hydrogen) atoms. The third-order valence-corrected chi connectivity index (χ3v) is 4.11. The fourth-order valence-electron chi connectivity index (χ4n) is 2.53. The second-order valence-corrected chi connectivity index (χ2v) is 6.59. The number of carboxylic acid groups (broad SMARTS) is 1. The summed E-state index contributed by atoms with van der Waals surface area (Å²) in [7, 11) is 0. The highest BCUT2D eigenvalue weighted by Gasteiger charge is 2.21. The van der Waals surface area contributed by atoms with Crippen LogP contribution in [0.5, 0.6) is 0 Å². The van der Waals surface area contributed by atoms with Crippen molar-refractivity contribution in [3.63, 3.8) is 0 Å². The monoisotopic (exact) mass is 382 g/mol. The Morgan fingerprint density at radius 2 is 1.68 bits per heavy atom. The second kappa shape index (κ2) is 9.63. The van der Waals surface area contributed by atoms with Crippen LogP contribution in [0.2, 0.25) is 10.0 Å². The zero-order valence-corrected chi connectivity index (χ0v) is 15.0. The minimum Gasteiger partial charge on any atom is -0.465 e. The normalized spacial score (nSPS) is 13.2. The van der Waals surface area contributed by atoms with Crippen molar-refractivity contribution in [2.24, 2.45) is 0 Å². The summed E-state index contributed by atoms with van der Waals surface area (Å²) in [6.45, 7) is 0.685. The Kier molecular flexibility index (Phi) is 7.52. The van der Waals surface area contributed by atoms with Crippen LogP contribution in [0.3, 0.4) is 0 Å². The molecule has 5 nitrogen and oxygen atoms in total. The number of aliphatic hydroxyl groups is 1. The lowest BCUT2D eigenvalue weighted by molar-refractivity contribution is 0.117. The fourth-order valence-corrected chi connectivity index (χ4v) is 3.10. The van der Waals surface area contributed by atoms with E-state index in [1.807, 2.05) is 30.3 Å². The van der Waals surface area contributed by atoms with Crippen LogP contribution in [0.15, 0.2) is 48.5 Å². The minimum atomic E-state index is -1.17. The number of rotatable bonds is 8. The third-order valence-electron chi connectivity index (χ3n) is 3.68. The van der Waals surface area contributed by atoms with Crippen molar-refractivity contribution >= 4 is 29.3 Å². The van der Waals surface area contributed by atoms with Gasteiger partial charge in [-0.15, -0.1) is 0 Å². The highest BCUT2D eigenvalue weighted by atomic mass is 35.5. The van der Waals surface area contributed by atoms with Gasteiger partial charge < -0.3 is 20.8 Å². The molecule has 2 rings (SSSR count). The van der Waals surface area contributed by atoms with Crippen molar-refractivity contribution in [3.8, 4) is 0 Å². The SMILES string of the molecule is O=C(O)N[C@@H](Cc1ccccc1)[C@@H](O)CNCc1cc(Cl)cc(Cl)c1. The van der Waals surface area contributed by atoms with E-state index in [-0.39, 0.29) is 6.54 Å². The molecule has 0 unspecified atom stereocenters. The van der Waals surface area contributed by atoms with E-state index >= 15 is 0 Å². The molecular weight excluding hydrogens is 363 g/mol. The number of carbonyl (C=O) groups is 1. The van der Waals surface area contributed by atoms with Gasteiger partial charge in [0.2, 0.25) is 0 Å². The first-order valence-corrected chi connectivity index (χ1v) is 8.57. The molecule has 2 aromatic carbocycles. The van der Waals surface area contributed by atoms with Gasteiger partial charge >= 0.3 is 6.09 Å². The van der Waals surface area contributed by atoms with E-state index in [9.17, 15) is 9.90 Å². The molecule has 4 N–H and O–H groups in total. The number of hydrogen-bond donors (Lipinski definition) is 4. The summed E-state index contributed by atoms with van der Waals surface area (Å²) < 4.78 is 0. The molecule has 2 aromatic rings. The summed E-state index contributed by atoms with van der Waals surface area (Å²) in [6, 6.07) is 14.0. The van der Waals surface area contributed by atoms with Gasteiger partial charge in [0.05, 0.1) is 12.1 Å². The van der Waals surface area contributed by atoms with Gasteiger partial charge in [0, 0.05) is 23.1 Å². The molecule has 2 atom stereocenters. The zero-order chi connectivity index (χ0) is 18.2. The molecule has 0 saturated heterocycles. The van der Waals surface area contributed by atoms with Crippen LogP contribution in [0.4, 0.5) is 4.79 Å². The maximum Gasteiger partial charge on any atom is 0.404 e. The average Bonchev–Trinajstić information content (AvgIpc) is 2.54. The highest BCUT2D eigenvalue weighted by Crippen LogP contribution is 2.18. The van der Waals surface area contributed by atoms with Gasteiger partial charge in [0.1, 0.15) is 0 Å². The molecular formula is C18H20Cl2N2O3. The number of benzene rings is 2. The van der Waals surface area contributed by atoms with Gasteiger partial charge in [-0.1, -0.05) is 53.5 Å². The number of amides is 1. The lowest BCUT2D eigenvalue weighted by Gasteiger charge is -2.23. The van der Waals surface area contributed by atoms with Crippen LogP contribution in [0.25, 0.3) is 0 Å². The summed E-state index contributed by atoms with van der Waals surface area (Å²) in [5, 5.41) is 25.9. The van der Waals surface area contributed by atoms with E-state index in [0.717, 1.165) is 11.1 Å². The van der Waals surface area contributed by atoms with Crippen LogP contribution in [0.1, 0.15) is 11.1 Å². The van der Waals surface area contributed by atoms with Gasteiger partial charge in [-0.05, 0) is 35.7 Å². The molecule has 0 aliphatic heterocycles. The molecule has 0 heterocycles. The van der Waals surface area contributed by atoms with Gasteiger partial charge in [-0.2, -0.15) is 0 Å². The Morgan fingerprint density at radius 3 is 2.28 bits per heavy atom. The Hall–Kier alpha value is -1.79. The Bertz CT molecular complexity index is 678. The number of aliphatic hydroxyl groups excluding tert-OH is 1. The Labute approximate surface area is 156 Å². The second-order valence-electron chi connectivity index (χ2n) is 5.72. The molecule has 0 spiro atoms. The van der Waals surface area contributed by atoms with E-state index in [2.05, 4.69) is 10.6 Å². The van der Waals surface area contributed by atoms with E-state index in [1.54, 1.807) is 18.2 Å². The van der Waals surface area contributed by atoms with Crippen molar-refractivity contribution in [1.29, 1.82) is 0 Å². The lowest BCUT2D eigenvalue weighted by Crippen LogP contribution is -2.48. The fraction of sp³-hybridized carbons (Fsp3) is 0.278. The van der Waals surface area contributed by atoms with Crippen LogP contribution < -0.4 is 10.6 Å². The maximum absolute atomic E-state index is 11.0. The first-order chi connectivity index (χ1) is 11.9. The summed E-state index contributed by atoms with van der Waals surface area (Å²) in [5.41, 5.74) is 1.83. The van der Waals surface area contributed by atoms with Crippen LogP contribution in [-0.4, -0.2) is 35.0 Å². The van der Waals surface area contributed by atoms with Gasteiger partial charge in [0.25, 0.3) is 0 Å². The van der Waals surface area contributed by atoms with E-state index in [0.29, 0.717) is 23.0 Å². The predicted molar refractivity (Wildman–Crippen MR) is 99.3 cm³/mol. The molecule has 134 valence electrons. The molecule has 0 bridgehead atoms. The third kappa shape index (κ3) is 6.92. The minimum absolute atomic E-state index is 0.224. The largest absolute Gasteiger partial charge is 0.465 e. The predicted octanol–water partition coefficient (Wildman–Crippen LogP) is 3.32. The van der Waals surface area contributed by atoms with Crippen LogP contribution in [-0.2, 0) is 13.0 Å². The zero-order valence-electron chi connectivity index (χ0n) is 13.5. The molecule has 0 saturated carbocycles. The Morgan fingerprint density at radius 1 is 1.04 bits per heavy atom. The highest BCUT2D eigenvalue weighted by molar-refractivity contribution is 6.34. The van der Waals surface area contributed by atoms with Crippen molar-refractivity contribution in [2.45, 2.75) is 25.1 Å². The van der Waals surface area contributed by atoms with Crippen LogP contribution >= 0.6 is 23.2 Å². The topological polar surface area (TPSA) is 81.6 Å². The summed E-state index contributed by atoms with van der Waals surface area (Å²) in [6.07, 6.45) is -1.65. The summed E-state index contributed by atoms with van der Waals surface area (Å²) in [4.78, 5) is 11.0. The molecule has 7 heteroatoms. The van der Waals surface area contributed by atoms with E-state index in [4.69, 9.17) is 28.3 Å². The molecule has 0 aliphatic carbocycles. The van der Waals surface area contributed by atoms with E-state index in [1.165, 1.54) is 0 Å². The quantitative estimate of drug-likeness (QED) is 0.564. The molecule has 0 aliphatic rings. The first-order valence-electron chi connectivity index (χ1n) is 7.81. The molecule has 0 radical (unpaired) electrons. The van der Waals surface area contributed by atoms with Crippen molar-refractivity contribution < 1.29 is 15.0 Å². The number of hydrogen-bond acceptors (Lipinski definition) is 3. The summed E-state index contributed by atoms with van der Waals surface area (Å²) >= 11 is 11.9. The Balaban J connectivity index is 1.92.